The summed E-state index contributed by atoms with van der Waals surface area (Å²) in [5.41, 5.74) is 2.04. The lowest BCUT2D eigenvalue weighted by molar-refractivity contribution is 1.09. The topological polar surface area (TPSA) is 23.8 Å². The van der Waals surface area contributed by atoms with Gasteiger partial charge < -0.3 is 0 Å². The second kappa shape index (κ2) is 9.23. The summed E-state index contributed by atoms with van der Waals surface area (Å²) in [6.45, 7) is 10.2. The Balaban J connectivity index is 0. The van der Waals surface area contributed by atoms with Crippen molar-refractivity contribution in [1.29, 1.82) is 5.26 Å². The zero-order chi connectivity index (χ0) is 9.28. The molecule has 0 aliphatic heterocycles. The molecule has 11 heavy (non-hydrogen) atoms. The summed E-state index contributed by atoms with van der Waals surface area (Å²) in [5.74, 6) is 0. The van der Waals surface area contributed by atoms with Gasteiger partial charge in [0.25, 0.3) is 0 Å². The third-order valence-electron chi connectivity index (χ3n) is 1.09. The van der Waals surface area contributed by atoms with Gasteiger partial charge in [0.2, 0.25) is 0 Å². The molecule has 0 aromatic carbocycles. The molecule has 0 bridgehead atoms. The van der Waals surface area contributed by atoms with E-state index in [2.05, 4.69) is 19.9 Å². The molecule has 0 aliphatic rings. The largest absolute Gasteiger partial charge is 0.193 e. The van der Waals surface area contributed by atoms with Gasteiger partial charge in [-0.25, -0.2) is 0 Å². The molecular weight excluding hydrogens is 134 g/mol. The van der Waals surface area contributed by atoms with Crippen LogP contribution >= 0.6 is 0 Å². The molecule has 0 radical (unpaired) electrons. The average Bonchev–Trinajstić information content (AvgIpc) is 1.91. The van der Waals surface area contributed by atoms with E-state index in [1.165, 1.54) is 6.42 Å². The molecular formula is C10H19N. The van der Waals surface area contributed by atoms with E-state index in [1.54, 1.807) is 0 Å². The maximum atomic E-state index is 8.39. The standard InChI is InChI=1S/C7H11N.C3H8/c1-4-7(5-8)6(2)3;1-3-2/h4H2,1-3H3;3H2,1-2H3. The first kappa shape index (κ1) is 12.9. The Kier molecular flexibility index (Phi) is 10.8. The minimum absolute atomic E-state index is 0.860. The highest BCUT2D eigenvalue weighted by Gasteiger charge is 1.90. The van der Waals surface area contributed by atoms with Crippen molar-refractivity contribution < 1.29 is 0 Å². The van der Waals surface area contributed by atoms with E-state index >= 15 is 0 Å². The molecule has 0 aromatic rings. The summed E-state index contributed by atoms with van der Waals surface area (Å²) in [6.07, 6.45) is 2.11. The minimum atomic E-state index is 0.860. The van der Waals surface area contributed by atoms with Crippen LogP contribution in [0.4, 0.5) is 0 Å². The molecule has 0 spiro atoms. The van der Waals surface area contributed by atoms with E-state index in [-0.39, 0.29) is 0 Å². The monoisotopic (exact) mass is 153 g/mol. The van der Waals surface area contributed by atoms with E-state index in [0.717, 1.165) is 17.6 Å². The molecule has 0 saturated carbocycles. The lowest BCUT2D eigenvalue weighted by Gasteiger charge is -1.91. The van der Waals surface area contributed by atoms with Gasteiger partial charge >= 0.3 is 0 Å². The van der Waals surface area contributed by atoms with Crippen LogP contribution in [0.15, 0.2) is 11.1 Å². The maximum Gasteiger partial charge on any atom is 0.0946 e. The normalized spacial score (nSPS) is 7.27. The lowest BCUT2D eigenvalue weighted by atomic mass is 10.1. The fourth-order valence-electron chi connectivity index (χ4n) is 0.544. The summed E-state index contributed by atoms with van der Waals surface area (Å²) in [4.78, 5) is 0. The van der Waals surface area contributed by atoms with Crippen molar-refractivity contribution >= 4 is 0 Å². The van der Waals surface area contributed by atoms with Gasteiger partial charge in [-0.2, -0.15) is 5.26 Å². The molecule has 1 nitrogen and oxygen atoms in total. The SMILES string of the molecule is CCC.CCC(C#N)=C(C)C. The quantitative estimate of drug-likeness (QED) is 0.527. The van der Waals surface area contributed by atoms with Gasteiger partial charge in [-0.1, -0.05) is 32.8 Å². The average molecular weight is 153 g/mol. The molecule has 0 amide bonds. The number of rotatable bonds is 1. The summed E-state index contributed by atoms with van der Waals surface area (Å²) in [5, 5.41) is 8.39. The number of hydrogen-bond donors (Lipinski definition) is 0. The van der Waals surface area contributed by atoms with Gasteiger partial charge in [0.05, 0.1) is 6.07 Å². The molecule has 0 atom stereocenters. The molecule has 0 rings (SSSR count). The Hall–Kier alpha value is -0.770. The van der Waals surface area contributed by atoms with E-state index in [4.69, 9.17) is 5.26 Å². The Morgan fingerprint density at radius 3 is 1.55 bits per heavy atom. The van der Waals surface area contributed by atoms with Crippen LogP contribution in [0.2, 0.25) is 0 Å². The highest BCUT2D eigenvalue weighted by atomic mass is 14.2. The minimum Gasteiger partial charge on any atom is -0.193 e. The van der Waals surface area contributed by atoms with Crippen molar-refractivity contribution in [3.05, 3.63) is 11.1 Å². The predicted octanol–water partition coefficient (Wildman–Crippen LogP) is 3.67. The van der Waals surface area contributed by atoms with Crippen LogP contribution in [0.25, 0.3) is 0 Å². The van der Waals surface area contributed by atoms with E-state index in [9.17, 15) is 0 Å². The van der Waals surface area contributed by atoms with Crippen LogP contribution < -0.4 is 0 Å². The molecule has 0 aliphatic carbocycles. The predicted molar refractivity (Wildman–Crippen MR) is 50.2 cm³/mol. The van der Waals surface area contributed by atoms with Gasteiger partial charge in [-0.3, -0.25) is 0 Å². The van der Waals surface area contributed by atoms with Gasteiger partial charge in [-0.05, 0) is 20.3 Å². The van der Waals surface area contributed by atoms with Gasteiger partial charge in [0.1, 0.15) is 0 Å². The Morgan fingerprint density at radius 1 is 1.18 bits per heavy atom. The second-order valence-electron chi connectivity index (χ2n) is 2.65. The smallest absolute Gasteiger partial charge is 0.0946 e. The van der Waals surface area contributed by atoms with Crippen molar-refractivity contribution in [3.8, 4) is 6.07 Å². The van der Waals surface area contributed by atoms with Crippen LogP contribution in [0, 0.1) is 11.3 Å². The zero-order valence-corrected chi connectivity index (χ0v) is 8.36. The Bertz CT molecular complexity index is 145. The maximum absolute atomic E-state index is 8.39. The first-order valence-corrected chi connectivity index (χ1v) is 4.20. The fraction of sp³-hybridized carbons (Fsp3) is 0.700. The Labute approximate surface area is 70.7 Å². The molecule has 1 heteroatoms. The third-order valence-corrected chi connectivity index (χ3v) is 1.09. The first-order valence-electron chi connectivity index (χ1n) is 4.20. The summed E-state index contributed by atoms with van der Waals surface area (Å²) in [7, 11) is 0. The van der Waals surface area contributed by atoms with Crippen molar-refractivity contribution in [1.82, 2.24) is 0 Å². The van der Waals surface area contributed by atoms with Crippen molar-refractivity contribution in [2.45, 2.75) is 47.5 Å². The molecule has 0 unspecified atom stereocenters. The summed E-state index contributed by atoms with van der Waals surface area (Å²) in [6, 6.07) is 2.13. The summed E-state index contributed by atoms with van der Waals surface area (Å²) >= 11 is 0. The van der Waals surface area contributed by atoms with Crippen LogP contribution in [0.5, 0.6) is 0 Å². The number of allylic oxidation sites excluding steroid dienone is 2. The van der Waals surface area contributed by atoms with Crippen molar-refractivity contribution in [3.63, 3.8) is 0 Å². The molecule has 0 N–H and O–H groups in total. The van der Waals surface area contributed by atoms with Crippen LogP contribution in [-0.4, -0.2) is 0 Å². The highest BCUT2D eigenvalue weighted by molar-refractivity contribution is 5.24. The van der Waals surface area contributed by atoms with Gasteiger partial charge in [0, 0.05) is 5.57 Å². The number of nitriles is 1. The molecule has 64 valence electrons. The number of hydrogen-bond acceptors (Lipinski definition) is 1. The molecule has 0 fully saturated rings. The zero-order valence-electron chi connectivity index (χ0n) is 8.36. The van der Waals surface area contributed by atoms with Crippen molar-refractivity contribution in [2.75, 3.05) is 0 Å². The van der Waals surface area contributed by atoms with E-state index < -0.39 is 0 Å². The van der Waals surface area contributed by atoms with Crippen LogP contribution in [-0.2, 0) is 0 Å². The van der Waals surface area contributed by atoms with Crippen LogP contribution in [0.1, 0.15) is 47.5 Å². The highest BCUT2D eigenvalue weighted by Crippen LogP contribution is 2.04. The van der Waals surface area contributed by atoms with E-state index in [1.807, 2.05) is 20.8 Å². The number of nitrogens with zero attached hydrogens (tertiary/aromatic N) is 1. The summed E-state index contributed by atoms with van der Waals surface area (Å²) < 4.78 is 0. The van der Waals surface area contributed by atoms with E-state index in [0.29, 0.717) is 0 Å². The van der Waals surface area contributed by atoms with Gasteiger partial charge in [0.15, 0.2) is 0 Å². The molecule has 0 heterocycles. The Morgan fingerprint density at radius 2 is 1.55 bits per heavy atom. The van der Waals surface area contributed by atoms with Gasteiger partial charge in [-0.15, -0.1) is 0 Å². The van der Waals surface area contributed by atoms with Crippen molar-refractivity contribution in [2.24, 2.45) is 0 Å². The first-order chi connectivity index (χ1) is 5.13. The third kappa shape index (κ3) is 9.23. The lowest BCUT2D eigenvalue weighted by Crippen LogP contribution is -1.77. The molecule has 0 saturated heterocycles. The van der Waals surface area contributed by atoms with Crippen LogP contribution in [0.3, 0.4) is 0 Å². The second-order valence-corrected chi connectivity index (χ2v) is 2.65. The fourth-order valence-corrected chi connectivity index (χ4v) is 0.544. The molecule has 0 aromatic heterocycles.